The van der Waals surface area contributed by atoms with E-state index in [1.165, 1.54) is 0 Å². The normalized spacial score (nSPS) is 10.9. The highest BCUT2D eigenvalue weighted by Gasteiger charge is 2.14. The SMILES string of the molecule is CC(C)N(C)C(=O)c1ccc(CNC(=O)c2ccc3nncn3c2)cc1. The molecule has 1 aromatic carbocycles. The summed E-state index contributed by atoms with van der Waals surface area (Å²) in [7, 11) is 1.79. The fraction of sp³-hybridized carbons (Fsp3) is 0.263. The Bertz CT molecular complexity index is 931. The Kier molecular flexibility index (Phi) is 4.97. The van der Waals surface area contributed by atoms with Crippen molar-refractivity contribution in [1.82, 2.24) is 24.8 Å². The molecule has 3 aromatic rings. The van der Waals surface area contributed by atoms with Crippen molar-refractivity contribution in [3.8, 4) is 0 Å². The van der Waals surface area contributed by atoms with Crippen LogP contribution in [0.4, 0.5) is 0 Å². The monoisotopic (exact) mass is 351 g/mol. The quantitative estimate of drug-likeness (QED) is 0.764. The van der Waals surface area contributed by atoms with Crippen LogP contribution in [0.1, 0.15) is 40.1 Å². The van der Waals surface area contributed by atoms with Crippen molar-refractivity contribution < 1.29 is 9.59 Å². The van der Waals surface area contributed by atoms with E-state index < -0.39 is 0 Å². The molecule has 1 N–H and O–H groups in total. The maximum Gasteiger partial charge on any atom is 0.253 e. The molecule has 134 valence electrons. The fourth-order valence-corrected chi connectivity index (χ4v) is 2.45. The lowest BCUT2D eigenvalue weighted by molar-refractivity contribution is 0.0754. The van der Waals surface area contributed by atoms with Gasteiger partial charge in [-0.15, -0.1) is 10.2 Å². The standard InChI is InChI=1S/C19H21N5O2/c1-13(2)23(3)19(26)15-6-4-14(5-7-15)10-20-18(25)16-8-9-17-22-21-12-24(17)11-16/h4-9,11-13H,10H2,1-3H3,(H,20,25). The van der Waals surface area contributed by atoms with Gasteiger partial charge in [-0.25, -0.2) is 0 Å². The third-order valence-electron chi connectivity index (χ3n) is 4.30. The van der Waals surface area contributed by atoms with Crippen molar-refractivity contribution in [2.24, 2.45) is 0 Å². The first-order valence-corrected chi connectivity index (χ1v) is 8.39. The largest absolute Gasteiger partial charge is 0.348 e. The summed E-state index contributed by atoms with van der Waals surface area (Å²) >= 11 is 0. The summed E-state index contributed by atoms with van der Waals surface area (Å²) in [5.41, 5.74) is 2.78. The summed E-state index contributed by atoms with van der Waals surface area (Å²) in [4.78, 5) is 26.3. The van der Waals surface area contributed by atoms with E-state index in [-0.39, 0.29) is 17.9 Å². The first kappa shape index (κ1) is 17.6. The van der Waals surface area contributed by atoms with Crippen molar-refractivity contribution in [3.05, 3.63) is 65.6 Å². The van der Waals surface area contributed by atoms with Gasteiger partial charge in [-0.2, -0.15) is 0 Å². The van der Waals surface area contributed by atoms with Gasteiger partial charge in [0.25, 0.3) is 11.8 Å². The van der Waals surface area contributed by atoms with Crippen LogP contribution in [-0.2, 0) is 6.54 Å². The number of aromatic nitrogens is 3. The van der Waals surface area contributed by atoms with Gasteiger partial charge in [0.15, 0.2) is 5.65 Å². The van der Waals surface area contributed by atoms with Gasteiger partial charge in [0, 0.05) is 31.4 Å². The summed E-state index contributed by atoms with van der Waals surface area (Å²) < 4.78 is 1.69. The van der Waals surface area contributed by atoms with Crippen LogP contribution in [0.15, 0.2) is 48.9 Å². The Balaban J connectivity index is 1.62. The highest BCUT2D eigenvalue weighted by Crippen LogP contribution is 2.09. The lowest BCUT2D eigenvalue weighted by Gasteiger charge is -2.21. The molecule has 0 unspecified atom stereocenters. The zero-order chi connectivity index (χ0) is 18.7. The van der Waals surface area contributed by atoms with Crippen LogP contribution in [0, 0.1) is 0 Å². The summed E-state index contributed by atoms with van der Waals surface area (Å²) in [6.07, 6.45) is 3.24. The second-order valence-corrected chi connectivity index (χ2v) is 6.40. The minimum absolute atomic E-state index is 0.0159. The minimum atomic E-state index is -0.180. The molecule has 0 saturated carbocycles. The van der Waals surface area contributed by atoms with Gasteiger partial charge in [0.2, 0.25) is 0 Å². The van der Waals surface area contributed by atoms with Gasteiger partial charge in [0.1, 0.15) is 6.33 Å². The van der Waals surface area contributed by atoms with Crippen molar-refractivity contribution in [2.45, 2.75) is 26.4 Å². The molecule has 0 spiro atoms. The first-order valence-electron chi connectivity index (χ1n) is 8.39. The number of amides is 2. The van der Waals surface area contributed by atoms with Crippen molar-refractivity contribution in [1.29, 1.82) is 0 Å². The molecule has 2 aromatic heterocycles. The molecule has 0 saturated heterocycles. The summed E-state index contributed by atoms with van der Waals surface area (Å²) in [6.45, 7) is 4.32. The first-order chi connectivity index (χ1) is 12.5. The molecular formula is C19H21N5O2. The smallest absolute Gasteiger partial charge is 0.253 e. The predicted molar refractivity (Wildman–Crippen MR) is 97.8 cm³/mol. The summed E-state index contributed by atoms with van der Waals surface area (Å²) in [6, 6.07) is 10.9. The molecule has 0 bridgehead atoms. The number of fused-ring (bicyclic) bond motifs is 1. The predicted octanol–water partition coefficient (Wildman–Crippen LogP) is 2.14. The highest BCUT2D eigenvalue weighted by atomic mass is 16.2. The van der Waals surface area contributed by atoms with E-state index in [2.05, 4.69) is 15.5 Å². The van der Waals surface area contributed by atoms with E-state index in [0.717, 1.165) is 5.56 Å². The lowest BCUT2D eigenvalue weighted by atomic mass is 10.1. The molecule has 0 atom stereocenters. The molecule has 0 aliphatic heterocycles. The molecule has 0 aliphatic carbocycles. The Morgan fingerprint density at radius 3 is 2.50 bits per heavy atom. The lowest BCUT2D eigenvalue weighted by Crippen LogP contribution is -2.32. The number of nitrogens with zero attached hydrogens (tertiary/aromatic N) is 4. The van der Waals surface area contributed by atoms with E-state index in [1.807, 2.05) is 26.0 Å². The van der Waals surface area contributed by atoms with E-state index in [4.69, 9.17) is 0 Å². The molecule has 2 amide bonds. The number of benzene rings is 1. The van der Waals surface area contributed by atoms with Crippen LogP contribution < -0.4 is 5.32 Å². The van der Waals surface area contributed by atoms with E-state index in [1.54, 1.807) is 53.1 Å². The summed E-state index contributed by atoms with van der Waals surface area (Å²) in [5.74, 6) is -0.196. The number of carbonyl (C=O) groups is 2. The molecule has 0 radical (unpaired) electrons. The van der Waals surface area contributed by atoms with Crippen molar-refractivity contribution in [2.75, 3.05) is 7.05 Å². The van der Waals surface area contributed by atoms with Crippen LogP contribution in [0.3, 0.4) is 0 Å². The van der Waals surface area contributed by atoms with Gasteiger partial charge < -0.3 is 10.2 Å². The van der Waals surface area contributed by atoms with Gasteiger partial charge in [-0.1, -0.05) is 12.1 Å². The zero-order valence-corrected chi connectivity index (χ0v) is 15.0. The van der Waals surface area contributed by atoms with Crippen LogP contribution in [0.2, 0.25) is 0 Å². The van der Waals surface area contributed by atoms with Crippen molar-refractivity contribution >= 4 is 17.5 Å². The molecule has 7 heteroatoms. The average Bonchev–Trinajstić information content (AvgIpc) is 3.13. The van der Waals surface area contributed by atoms with Crippen molar-refractivity contribution in [3.63, 3.8) is 0 Å². The van der Waals surface area contributed by atoms with E-state index in [0.29, 0.717) is 23.3 Å². The Labute approximate surface area is 151 Å². The maximum atomic E-state index is 12.3. The van der Waals surface area contributed by atoms with Crippen LogP contribution in [-0.4, -0.2) is 44.4 Å². The molecule has 3 rings (SSSR count). The van der Waals surface area contributed by atoms with E-state index in [9.17, 15) is 9.59 Å². The fourth-order valence-electron chi connectivity index (χ4n) is 2.45. The molecule has 7 nitrogen and oxygen atoms in total. The number of pyridine rings is 1. The van der Waals surface area contributed by atoms with Gasteiger partial charge in [-0.05, 0) is 43.7 Å². The zero-order valence-electron chi connectivity index (χ0n) is 15.0. The van der Waals surface area contributed by atoms with Crippen LogP contribution >= 0.6 is 0 Å². The number of nitrogens with one attached hydrogen (secondary N) is 1. The second-order valence-electron chi connectivity index (χ2n) is 6.40. The van der Waals surface area contributed by atoms with Crippen LogP contribution in [0.5, 0.6) is 0 Å². The minimum Gasteiger partial charge on any atom is -0.348 e. The van der Waals surface area contributed by atoms with E-state index >= 15 is 0 Å². The number of hydrogen-bond acceptors (Lipinski definition) is 4. The third-order valence-corrected chi connectivity index (χ3v) is 4.30. The number of hydrogen-bond donors (Lipinski definition) is 1. The molecular weight excluding hydrogens is 330 g/mol. The summed E-state index contributed by atoms with van der Waals surface area (Å²) in [5, 5.41) is 10.6. The average molecular weight is 351 g/mol. The molecule has 0 fully saturated rings. The topological polar surface area (TPSA) is 79.6 Å². The van der Waals surface area contributed by atoms with Gasteiger partial charge in [0.05, 0.1) is 5.56 Å². The number of carbonyl (C=O) groups excluding carboxylic acids is 2. The Morgan fingerprint density at radius 2 is 1.81 bits per heavy atom. The molecule has 2 heterocycles. The highest BCUT2D eigenvalue weighted by molar-refractivity contribution is 5.95. The molecule has 0 aliphatic rings. The van der Waals surface area contributed by atoms with Crippen LogP contribution in [0.25, 0.3) is 5.65 Å². The van der Waals surface area contributed by atoms with Gasteiger partial charge >= 0.3 is 0 Å². The number of rotatable bonds is 5. The Hall–Kier alpha value is -3.22. The maximum absolute atomic E-state index is 12.3. The molecule has 26 heavy (non-hydrogen) atoms. The van der Waals surface area contributed by atoms with Gasteiger partial charge in [-0.3, -0.25) is 14.0 Å². The Morgan fingerprint density at radius 1 is 1.12 bits per heavy atom. The third kappa shape index (κ3) is 3.72. The second kappa shape index (κ2) is 7.35.